The summed E-state index contributed by atoms with van der Waals surface area (Å²) in [5.74, 6) is -0.879. The van der Waals surface area contributed by atoms with Gasteiger partial charge in [-0.1, -0.05) is 12.8 Å². The Morgan fingerprint density at radius 1 is 1.18 bits per heavy atom. The lowest BCUT2D eigenvalue weighted by molar-refractivity contribution is -0.141. The summed E-state index contributed by atoms with van der Waals surface area (Å²) in [6.07, 6.45) is 5.82. The zero-order valence-corrected chi connectivity index (χ0v) is 10.3. The molecular formula is C12H20N2O3. The van der Waals surface area contributed by atoms with Gasteiger partial charge < -0.3 is 14.9 Å². The molecule has 0 radical (unpaired) electrons. The second kappa shape index (κ2) is 4.94. The Hall–Kier alpha value is -1.26. The Morgan fingerprint density at radius 2 is 1.82 bits per heavy atom. The molecule has 1 aliphatic carbocycles. The third-order valence-electron chi connectivity index (χ3n) is 3.96. The molecule has 2 aliphatic rings. The Morgan fingerprint density at radius 3 is 2.41 bits per heavy atom. The fourth-order valence-electron chi connectivity index (χ4n) is 2.90. The number of carboxylic acid groups (broad SMARTS) is 1. The number of rotatable bonds is 2. The van der Waals surface area contributed by atoms with Gasteiger partial charge in [0.05, 0.1) is 0 Å². The molecule has 0 aromatic rings. The highest BCUT2D eigenvalue weighted by atomic mass is 16.4. The van der Waals surface area contributed by atoms with Crippen LogP contribution in [0.15, 0.2) is 0 Å². The van der Waals surface area contributed by atoms with E-state index in [0.29, 0.717) is 19.0 Å². The van der Waals surface area contributed by atoms with Crippen LogP contribution in [-0.4, -0.2) is 52.6 Å². The van der Waals surface area contributed by atoms with Crippen LogP contribution in [0.4, 0.5) is 4.79 Å². The van der Waals surface area contributed by atoms with Crippen molar-refractivity contribution in [2.75, 3.05) is 13.6 Å². The molecule has 1 heterocycles. The lowest BCUT2D eigenvalue weighted by Gasteiger charge is -2.31. The molecule has 1 saturated heterocycles. The maximum absolute atomic E-state index is 12.2. The van der Waals surface area contributed by atoms with Gasteiger partial charge in [-0.3, -0.25) is 0 Å². The Bertz CT molecular complexity index is 313. The number of carboxylic acids is 1. The fraction of sp³-hybridized carbons (Fsp3) is 0.833. The van der Waals surface area contributed by atoms with E-state index in [0.717, 1.165) is 19.3 Å². The first-order valence-electron chi connectivity index (χ1n) is 6.37. The molecular weight excluding hydrogens is 220 g/mol. The number of amides is 2. The van der Waals surface area contributed by atoms with Gasteiger partial charge in [0.1, 0.15) is 6.04 Å². The van der Waals surface area contributed by atoms with E-state index in [4.69, 9.17) is 5.11 Å². The quantitative estimate of drug-likeness (QED) is 0.796. The minimum Gasteiger partial charge on any atom is -0.480 e. The molecule has 2 rings (SSSR count). The minimum atomic E-state index is -0.879. The summed E-state index contributed by atoms with van der Waals surface area (Å²) < 4.78 is 0. The summed E-state index contributed by atoms with van der Waals surface area (Å²) in [6, 6.07) is -0.425. The molecule has 0 aromatic carbocycles. The number of carbonyl (C=O) groups excluding carboxylic acids is 1. The first-order chi connectivity index (χ1) is 8.11. The zero-order valence-electron chi connectivity index (χ0n) is 10.3. The van der Waals surface area contributed by atoms with Gasteiger partial charge in [0, 0.05) is 19.6 Å². The molecule has 1 saturated carbocycles. The van der Waals surface area contributed by atoms with Crippen molar-refractivity contribution in [1.82, 2.24) is 9.80 Å². The van der Waals surface area contributed by atoms with E-state index in [1.807, 2.05) is 0 Å². The molecule has 5 nitrogen and oxygen atoms in total. The average Bonchev–Trinajstić information content (AvgIpc) is 2.97. The number of carbonyl (C=O) groups is 2. The largest absolute Gasteiger partial charge is 0.480 e. The highest BCUT2D eigenvalue weighted by Gasteiger charge is 2.37. The Balaban J connectivity index is 2.00. The number of nitrogens with zero attached hydrogens (tertiary/aromatic N) is 2. The standard InChI is InChI=1S/C12H20N2O3/c1-13(9-5-2-3-6-9)12(17)14-8-4-7-10(14)11(15)16/h9-10H,2-8H2,1H3,(H,15,16)/t10-/m0/s1. The van der Waals surface area contributed by atoms with Gasteiger partial charge in [0.2, 0.25) is 0 Å². The maximum atomic E-state index is 12.2. The Kier molecular flexibility index (Phi) is 3.54. The molecule has 17 heavy (non-hydrogen) atoms. The van der Waals surface area contributed by atoms with Gasteiger partial charge in [-0.2, -0.15) is 0 Å². The second-order valence-corrected chi connectivity index (χ2v) is 5.02. The number of hydrogen-bond acceptors (Lipinski definition) is 2. The van der Waals surface area contributed by atoms with Crippen LogP contribution in [0.25, 0.3) is 0 Å². The Labute approximate surface area is 101 Å². The molecule has 0 unspecified atom stereocenters. The summed E-state index contributed by atoms with van der Waals surface area (Å²) in [6.45, 7) is 0.576. The third-order valence-corrected chi connectivity index (χ3v) is 3.96. The molecule has 2 fully saturated rings. The molecule has 1 atom stereocenters. The normalized spacial score (nSPS) is 25.2. The smallest absolute Gasteiger partial charge is 0.326 e. The number of likely N-dealkylation sites (tertiary alicyclic amines) is 1. The van der Waals surface area contributed by atoms with Crippen molar-refractivity contribution in [3.63, 3.8) is 0 Å². The van der Waals surface area contributed by atoms with Crippen molar-refractivity contribution >= 4 is 12.0 Å². The van der Waals surface area contributed by atoms with Gasteiger partial charge in [0.25, 0.3) is 0 Å². The summed E-state index contributed by atoms with van der Waals surface area (Å²) >= 11 is 0. The highest BCUT2D eigenvalue weighted by Crippen LogP contribution is 2.25. The average molecular weight is 240 g/mol. The molecule has 0 aromatic heterocycles. The molecule has 0 bridgehead atoms. The predicted octanol–water partition coefficient (Wildman–Crippen LogP) is 1.53. The van der Waals surface area contributed by atoms with E-state index < -0.39 is 12.0 Å². The fourth-order valence-corrected chi connectivity index (χ4v) is 2.90. The summed E-state index contributed by atoms with van der Waals surface area (Å²) in [5, 5.41) is 9.07. The monoisotopic (exact) mass is 240 g/mol. The highest BCUT2D eigenvalue weighted by molar-refractivity contribution is 5.83. The summed E-state index contributed by atoms with van der Waals surface area (Å²) in [7, 11) is 1.80. The van der Waals surface area contributed by atoms with Crippen LogP contribution in [0.3, 0.4) is 0 Å². The summed E-state index contributed by atoms with van der Waals surface area (Å²) in [5.41, 5.74) is 0. The van der Waals surface area contributed by atoms with Gasteiger partial charge in [0.15, 0.2) is 0 Å². The van der Waals surface area contributed by atoms with E-state index >= 15 is 0 Å². The molecule has 5 heteroatoms. The van der Waals surface area contributed by atoms with E-state index in [-0.39, 0.29) is 6.03 Å². The van der Waals surface area contributed by atoms with Crippen molar-refractivity contribution in [2.24, 2.45) is 0 Å². The van der Waals surface area contributed by atoms with Crippen molar-refractivity contribution in [3.8, 4) is 0 Å². The second-order valence-electron chi connectivity index (χ2n) is 5.02. The van der Waals surface area contributed by atoms with Crippen molar-refractivity contribution in [1.29, 1.82) is 0 Å². The van der Waals surface area contributed by atoms with E-state index in [9.17, 15) is 9.59 Å². The summed E-state index contributed by atoms with van der Waals surface area (Å²) in [4.78, 5) is 26.5. The van der Waals surface area contributed by atoms with Gasteiger partial charge in [-0.15, -0.1) is 0 Å². The first-order valence-corrected chi connectivity index (χ1v) is 6.37. The van der Waals surface area contributed by atoms with Crippen LogP contribution in [0.1, 0.15) is 38.5 Å². The van der Waals surface area contributed by atoms with Crippen LogP contribution in [0.5, 0.6) is 0 Å². The first kappa shape index (κ1) is 12.2. The molecule has 2 amide bonds. The molecule has 1 aliphatic heterocycles. The zero-order chi connectivity index (χ0) is 12.4. The topological polar surface area (TPSA) is 60.9 Å². The van der Waals surface area contributed by atoms with E-state index in [2.05, 4.69) is 0 Å². The van der Waals surface area contributed by atoms with E-state index in [1.165, 1.54) is 17.7 Å². The van der Waals surface area contributed by atoms with Crippen molar-refractivity contribution in [3.05, 3.63) is 0 Å². The van der Waals surface area contributed by atoms with E-state index in [1.54, 1.807) is 11.9 Å². The molecule has 0 spiro atoms. The molecule has 1 N–H and O–H groups in total. The van der Waals surface area contributed by atoms with Gasteiger partial charge in [-0.05, 0) is 25.7 Å². The molecule has 96 valence electrons. The lowest BCUT2D eigenvalue weighted by atomic mass is 10.2. The van der Waals surface area contributed by atoms with Crippen LogP contribution < -0.4 is 0 Å². The SMILES string of the molecule is CN(C(=O)N1CCC[C@H]1C(=O)O)C1CCCC1. The third kappa shape index (κ3) is 2.37. The van der Waals surface area contributed by atoms with Crippen molar-refractivity contribution in [2.45, 2.75) is 50.6 Å². The van der Waals surface area contributed by atoms with Crippen LogP contribution >= 0.6 is 0 Å². The van der Waals surface area contributed by atoms with Crippen molar-refractivity contribution < 1.29 is 14.7 Å². The predicted molar refractivity (Wildman–Crippen MR) is 62.8 cm³/mol. The number of urea groups is 1. The van der Waals surface area contributed by atoms with Crippen LogP contribution in [0, 0.1) is 0 Å². The van der Waals surface area contributed by atoms with Gasteiger partial charge >= 0.3 is 12.0 Å². The number of hydrogen-bond donors (Lipinski definition) is 1. The lowest BCUT2D eigenvalue weighted by Crippen LogP contribution is -2.49. The van der Waals surface area contributed by atoms with Crippen LogP contribution in [0.2, 0.25) is 0 Å². The number of aliphatic carboxylic acids is 1. The van der Waals surface area contributed by atoms with Gasteiger partial charge in [-0.25, -0.2) is 9.59 Å². The minimum absolute atomic E-state index is 0.109. The maximum Gasteiger partial charge on any atom is 0.326 e. The van der Waals surface area contributed by atoms with Crippen LogP contribution in [-0.2, 0) is 4.79 Å².